The van der Waals surface area contributed by atoms with E-state index in [0.717, 1.165) is 23.2 Å². The maximum Gasteiger partial charge on any atom is 0.251 e. The van der Waals surface area contributed by atoms with Gasteiger partial charge in [-0.3, -0.25) is 9.78 Å². The third kappa shape index (κ3) is 4.39. The fourth-order valence-corrected chi connectivity index (χ4v) is 2.65. The maximum absolute atomic E-state index is 12.5. The minimum Gasteiger partial charge on any atom is -0.396 e. The molecule has 0 radical (unpaired) electrons. The number of hydrogen-bond acceptors (Lipinski definition) is 3. The van der Waals surface area contributed by atoms with E-state index in [4.69, 9.17) is 5.11 Å². The summed E-state index contributed by atoms with van der Waals surface area (Å²) in [5.41, 5.74) is 3.44. The number of pyridine rings is 1. The molecule has 2 rings (SSSR count). The Labute approximate surface area is 137 Å². The van der Waals surface area contributed by atoms with Crippen molar-refractivity contribution < 1.29 is 9.90 Å². The number of hydrogen-bond donors (Lipinski definition) is 2. The SMILES string of the molecule is CCC(CCO)CNC(=O)c1cccc(-c2ccccn2)c1C. The van der Waals surface area contributed by atoms with Crippen LogP contribution >= 0.6 is 0 Å². The number of benzene rings is 1. The van der Waals surface area contributed by atoms with Crippen molar-refractivity contribution in [3.8, 4) is 11.3 Å². The van der Waals surface area contributed by atoms with Gasteiger partial charge in [-0.15, -0.1) is 0 Å². The van der Waals surface area contributed by atoms with Gasteiger partial charge < -0.3 is 10.4 Å². The first-order chi connectivity index (χ1) is 11.2. The largest absolute Gasteiger partial charge is 0.396 e. The molecule has 0 aliphatic carbocycles. The first kappa shape index (κ1) is 17.2. The molecule has 0 spiro atoms. The Kier molecular flexibility index (Phi) is 6.29. The van der Waals surface area contributed by atoms with E-state index in [2.05, 4.69) is 17.2 Å². The van der Waals surface area contributed by atoms with Gasteiger partial charge >= 0.3 is 0 Å². The number of aliphatic hydroxyl groups is 1. The van der Waals surface area contributed by atoms with Crippen LogP contribution in [0.2, 0.25) is 0 Å². The smallest absolute Gasteiger partial charge is 0.251 e. The highest BCUT2D eigenvalue weighted by Crippen LogP contribution is 2.23. The van der Waals surface area contributed by atoms with Crippen LogP contribution in [0.3, 0.4) is 0 Å². The number of carbonyl (C=O) groups is 1. The normalized spacial score (nSPS) is 12.0. The van der Waals surface area contributed by atoms with E-state index in [1.807, 2.05) is 43.3 Å². The van der Waals surface area contributed by atoms with Gasteiger partial charge in [0.1, 0.15) is 0 Å². The van der Waals surface area contributed by atoms with Crippen LogP contribution < -0.4 is 5.32 Å². The second-order valence-electron chi connectivity index (χ2n) is 5.69. The molecule has 1 aromatic carbocycles. The van der Waals surface area contributed by atoms with Crippen molar-refractivity contribution in [2.24, 2.45) is 5.92 Å². The fraction of sp³-hybridized carbons (Fsp3) is 0.368. The highest BCUT2D eigenvalue weighted by molar-refractivity contribution is 5.97. The van der Waals surface area contributed by atoms with Crippen LogP contribution in [0, 0.1) is 12.8 Å². The molecule has 0 bridgehead atoms. The highest BCUT2D eigenvalue weighted by Gasteiger charge is 2.14. The molecular weight excluding hydrogens is 288 g/mol. The van der Waals surface area contributed by atoms with Gasteiger partial charge in [0.25, 0.3) is 5.91 Å². The van der Waals surface area contributed by atoms with Crippen LogP contribution in [0.1, 0.15) is 35.7 Å². The van der Waals surface area contributed by atoms with Gasteiger partial charge in [0.15, 0.2) is 0 Å². The summed E-state index contributed by atoms with van der Waals surface area (Å²) >= 11 is 0. The number of rotatable bonds is 7. The molecule has 0 aliphatic heterocycles. The molecule has 1 aromatic heterocycles. The Bertz CT molecular complexity index is 641. The zero-order chi connectivity index (χ0) is 16.7. The second-order valence-corrected chi connectivity index (χ2v) is 5.69. The number of nitrogens with one attached hydrogen (secondary N) is 1. The molecule has 0 aliphatic rings. The number of carbonyl (C=O) groups excluding carboxylic acids is 1. The summed E-state index contributed by atoms with van der Waals surface area (Å²) in [6, 6.07) is 11.5. The predicted molar refractivity (Wildman–Crippen MR) is 92.2 cm³/mol. The summed E-state index contributed by atoms with van der Waals surface area (Å²) < 4.78 is 0. The summed E-state index contributed by atoms with van der Waals surface area (Å²) in [6.45, 7) is 4.76. The molecule has 0 fully saturated rings. The molecule has 1 heterocycles. The molecule has 1 unspecified atom stereocenters. The lowest BCUT2D eigenvalue weighted by molar-refractivity contribution is 0.0943. The second kappa shape index (κ2) is 8.44. The minimum absolute atomic E-state index is 0.0725. The van der Waals surface area contributed by atoms with Gasteiger partial charge in [-0.1, -0.05) is 31.5 Å². The van der Waals surface area contributed by atoms with E-state index in [1.165, 1.54) is 0 Å². The molecule has 4 nitrogen and oxygen atoms in total. The zero-order valence-electron chi connectivity index (χ0n) is 13.7. The molecule has 122 valence electrons. The van der Waals surface area contributed by atoms with E-state index in [1.54, 1.807) is 6.20 Å². The van der Waals surface area contributed by atoms with E-state index in [0.29, 0.717) is 24.4 Å². The lowest BCUT2D eigenvalue weighted by atomic mass is 9.98. The van der Waals surface area contributed by atoms with Crippen LogP contribution in [0.5, 0.6) is 0 Å². The summed E-state index contributed by atoms with van der Waals surface area (Å²) in [5.74, 6) is 0.236. The Morgan fingerprint density at radius 1 is 1.26 bits per heavy atom. The van der Waals surface area contributed by atoms with Crippen molar-refractivity contribution in [3.05, 3.63) is 53.7 Å². The molecule has 2 N–H and O–H groups in total. The van der Waals surface area contributed by atoms with Gasteiger partial charge in [0.05, 0.1) is 5.69 Å². The summed E-state index contributed by atoms with van der Waals surface area (Å²) in [6.07, 6.45) is 3.40. The average molecular weight is 312 g/mol. The molecule has 2 aromatic rings. The Morgan fingerprint density at radius 3 is 2.74 bits per heavy atom. The zero-order valence-corrected chi connectivity index (χ0v) is 13.7. The third-order valence-electron chi connectivity index (χ3n) is 4.19. The van der Waals surface area contributed by atoms with Gasteiger partial charge in [-0.25, -0.2) is 0 Å². The quantitative estimate of drug-likeness (QED) is 0.825. The summed E-state index contributed by atoms with van der Waals surface area (Å²) in [5, 5.41) is 12.0. The Morgan fingerprint density at radius 2 is 2.09 bits per heavy atom. The molecular formula is C19H24N2O2. The number of amides is 1. The predicted octanol–water partition coefficient (Wildman–Crippen LogP) is 3.20. The van der Waals surface area contributed by atoms with Crippen molar-refractivity contribution in [1.82, 2.24) is 10.3 Å². The van der Waals surface area contributed by atoms with Crippen LogP contribution in [-0.4, -0.2) is 29.1 Å². The summed E-state index contributed by atoms with van der Waals surface area (Å²) in [7, 11) is 0. The Hall–Kier alpha value is -2.20. The van der Waals surface area contributed by atoms with Crippen molar-refractivity contribution in [2.45, 2.75) is 26.7 Å². The maximum atomic E-state index is 12.5. The van der Waals surface area contributed by atoms with Gasteiger partial charge in [-0.2, -0.15) is 0 Å². The van der Waals surface area contributed by atoms with Gasteiger partial charge in [-0.05, 0) is 43.0 Å². The fourth-order valence-electron chi connectivity index (χ4n) is 2.65. The summed E-state index contributed by atoms with van der Waals surface area (Å²) in [4.78, 5) is 16.8. The van der Waals surface area contributed by atoms with E-state index < -0.39 is 0 Å². The molecule has 23 heavy (non-hydrogen) atoms. The average Bonchev–Trinajstić information content (AvgIpc) is 2.59. The van der Waals surface area contributed by atoms with Crippen molar-refractivity contribution in [2.75, 3.05) is 13.2 Å². The molecule has 0 saturated heterocycles. The van der Waals surface area contributed by atoms with E-state index >= 15 is 0 Å². The van der Waals surface area contributed by atoms with E-state index in [-0.39, 0.29) is 12.5 Å². The molecule has 4 heteroatoms. The topological polar surface area (TPSA) is 62.2 Å². The Balaban J connectivity index is 2.15. The van der Waals surface area contributed by atoms with Crippen LogP contribution in [0.4, 0.5) is 0 Å². The van der Waals surface area contributed by atoms with Gasteiger partial charge in [0, 0.05) is 30.5 Å². The molecule has 1 amide bonds. The molecule has 0 saturated carbocycles. The van der Waals surface area contributed by atoms with E-state index in [9.17, 15) is 4.79 Å². The van der Waals surface area contributed by atoms with Crippen LogP contribution in [0.25, 0.3) is 11.3 Å². The standard InChI is InChI=1S/C19H24N2O2/c1-3-15(10-12-22)13-21-19(23)17-8-6-7-16(14(17)2)18-9-4-5-11-20-18/h4-9,11,15,22H,3,10,12-13H2,1-2H3,(H,21,23). The number of nitrogens with zero attached hydrogens (tertiary/aromatic N) is 1. The van der Waals surface area contributed by atoms with Crippen molar-refractivity contribution in [3.63, 3.8) is 0 Å². The highest BCUT2D eigenvalue weighted by atomic mass is 16.3. The number of aliphatic hydroxyl groups excluding tert-OH is 1. The van der Waals surface area contributed by atoms with Crippen LogP contribution in [-0.2, 0) is 0 Å². The first-order valence-electron chi connectivity index (χ1n) is 8.07. The monoisotopic (exact) mass is 312 g/mol. The van der Waals surface area contributed by atoms with Crippen molar-refractivity contribution >= 4 is 5.91 Å². The molecule has 1 atom stereocenters. The first-order valence-corrected chi connectivity index (χ1v) is 8.07. The third-order valence-corrected chi connectivity index (χ3v) is 4.19. The van der Waals surface area contributed by atoms with Crippen molar-refractivity contribution in [1.29, 1.82) is 0 Å². The van der Waals surface area contributed by atoms with Crippen LogP contribution in [0.15, 0.2) is 42.6 Å². The minimum atomic E-state index is -0.0725. The number of aromatic nitrogens is 1. The van der Waals surface area contributed by atoms with Gasteiger partial charge in [0.2, 0.25) is 0 Å². The lowest BCUT2D eigenvalue weighted by Crippen LogP contribution is -2.30. The lowest BCUT2D eigenvalue weighted by Gasteiger charge is -2.16.